The van der Waals surface area contributed by atoms with Crippen molar-refractivity contribution in [1.82, 2.24) is 0 Å². The molecule has 98 valence electrons. The standard InChI is InChI=1S/C12H17N2O4/c1-14(2,3)8-11(15)12(16)9-5-4-6-10(7-9)13(17)18/h4-7,11,15H,8H2,1-3H3/q+1. The van der Waals surface area contributed by atoms with Crippen molar-refractivity contribution in [3.8, 4) is 0 Å². The SMILES string of the molecule is C[N+](C)(C)CC(O)C(=O)c1cccc([N+](=O)[O-])c1. The van der Waals surface area contributed by atoms with Gasteiger partial charge in [-0.1, -0.05) is 12.1 Å². The Balaban J connectivity index is 2.90. The zero-order valence-electron chi connectivity index (χ0n) is 10.7. The first-order valence-electron chi connectivity index (χ1n) is 5.48. The lowest BCUT2D eigenvalue weighted by Gasteiger charge is -2.26. The Labute approximate surface area is 105 Å². The molecule has 0 saturated carbocycles. The maximum absolute atomic E-state index is 11.9. The minimum absolute atomic E-state index is 0.154. The lowest BCUT2D eigenvalue weighted by Crippen LogP contribution is -2.44. The van der Waals surface area contributed by atoms with E-state index in [0.29, 0.717) is 4.48 Å². The number of nitro benzene ring substituents is 1. The zero-order valence-corrected chi connectivity index (χ0v) is 10.7. The summed E-state index contributed by atoms with van der Waals surface area (Å²) in [6.07, 6.45) is -1.16. The van der Waals surface area contributed by atoms with Crippen molar-refractivity contribution in [3.63, 3.8) is 0 Å². The maximum atomic E-state index is 11.9. The van der Waals surface area contributed by atoms with Gasteiger partial charge in [0.2, 0.25) is 0 Å². The van der Waals surface area contributed by atoms with Gasteiger partial charge in [-0.25, -0.2) is 0 Å². The van der Waals surface area contributed by atoms with E-state index in [-0.39, 0.29) is 17.8 Å². The van der Waals surface area contributed by atoms with Crippen LogP contribution in [0.1, 0.15) is 10.4 Å². The van der Waals surface area contributed by atoms with Gasteiger partial charge in [-0.3, -0.25) is 14.9 Å². The topological polar surface area (TPSA) is 80.4 Å². The summed E-state index contributed by atoms with van der Waals surface area (Å²) in [6.45, 7) is 0.252. The number of carbonyl (C=O) groups excluding carboxylic acids is 1. The largest absolute Gasteiger partial charge is 0.379 e. The van der Waals surface area contributed by atoms with Gasteiger partial charge in [0, 0.05) is 17.7 Å². The van der Waals surface area contributed by atoms with Gasteiger partial charge in [-0.05, 0) is 0 Å². The van der Waals surface area contributed by atoms with Crippen LogP contribution in [0.5, 0.6) is 0 Å². The number of aliphatic hydroxyl groups is 1. The third-order valence-electron chi connectivity index (χ3n) is 2.36. The number of benzene rings is 1. The van der Waals surface area contributed by atoms with Crippen LogP contribution in [0.15, 0.2) is 24.3 Å². The maximum Gasteiger partial charge on any atom is 0.270 e. The molecule has 0 aliphatic heterocycles. The molecule has 6 nitrogen and oxygen atoms in total. The molecule has 0 heterocycles. The average Bonchev–Trinajstić information content (AvgIpc) is 2.26. The second-order valence-corrected chi connectivity index (χ2v) is 5.16. The van der Waals surface area contributed by atoms with Gasteiger partial charge in [-0.15, -0.1) is 0 Å². The molecule has 0 aliphatic carbocycles. The number of hydrogen-bond donors (Lipinski definition) is 1. The van der Waals surface area contributed by atoms with Crippen LogP contribution < -0.4 is 0 Å². The van der Waals surface area contributed by atoms with Crippen molar-refractivity contribution < 1.29 is 19.3 Å². The molecule has 0 fully saturated rings. The summed E-state index contributed by atoms with van der Waals surface area (Å²) in [6, 6.07) is 5.39. The molecule has 1 aromatic rings. The van der Waals surface area contributed by atoms with Crippen molar-refractivity contribution in [3.05, 3.63) is 39.9 Å². The van der Waals surface area contributed by atoms with Crippen molar-refractivity contribution in [2.24, 2.45) is 0 Å². The van der Waals surface area contributed by atoms with Crippen LogP contribution in [-0.4, -0.2) is 54.1 Å². The molecular formula is C12H17N2O4+. The van der Waals surface area contributed by atoms with E-state index in [4.69, 9.17) is 0 Å². The quantitative estimate of drug-likeness (QED) is 0.365. The number of nitrogens with zero attached hydrogens (tertiary/aromatic N) is 2. The summed E-state index contributed by atoms with van der Waals surface area (Å²) < 4.78 is 0.432. The summed E-state index contributed by atoms with van der Waals surface area (Å²) in [4.78, 5) is 22.0. The van der Waals surface area contributed by atoms with Gasteiger partial charge in [0.1, 0.15) is 6.54 Å². The smallest absolute Gasteiger partial charge is 0.270 e. The number of quaternary nitrogens is 1. The Morgan fingerprint density at radius 1 is 1.44 bits per heavy atom. The molecule has 0 saturated heterocycles. The monoisotopic (exact) mass is 253 g/mol. The molecule has 0 spiro atoms. The minimum atomic E-state index is -1.16. The Kier molecular flexibility index (Phi) is 4.15. The van der Waals surface area contributed by atoms with Gasteiger partial charge in [-0.2, -0.15) is 0 Å². The van der Waals surface area contributed by atoms with E-state index in [1.165, 1.54) is 24.3 Å². The highest BCUT2D eigenvalue weighted by Crippen LogP contribution is 2.15. The number of non-ortho nitro benzene ring substituents is 1. The molecule has 1 N–H and O–H groups in total. The summed E-state index contributed by atoms with van der Waals surface area (Å²) >= 11 is 0. The first kappa shape index (κ1) is 14.3. The molecule has 0 amide bonds. The molecule has 1 rings (SSSR count). The first-order chi connectivity index (χ1) is 8.20. The van der Waals surface area contributed by atoms with Gasteiger partial charge in [0.05, 0.1) is 26.1 Å². The normalized spacial score (nSPS) is 13.1. The number of nitro groups is 1. The van der Waals surface area contributed by atoms with Crippen LogP contribution in [0.4, 0.5) is 5.69 Å². The van der Waals surface area contributed by atoms with Gasteiger partial charge >= 0.3 is 0 Å². The fourth-order valence-corrected chi connectivity index (χ4v) is 1.57. The van der Waals surface area contributed by atoms with Crippen molar-refractivity contribution in [1.29, 1.82) is 0 Å². The fourth-order valence-electron chi connectivity index (χ4n) is 1.57. The minimum Gasteiger partial charge on any atom is -0.379 e. The number of rotatable bonds is 5. The second-order valence-electron chi connectivity index (χ2n) is 5.16. The number of likely N-dealkylation sites (N-methyl/N-ethyl adjacent to an activating group) is 1. The Morgan fingerprint density at radius 3 is 2.56 bits per heavy atom. The summed E-state index contributed by atoms with van der Waals surface area (Å²) in [5.74, 6) is -0.494. The van der Waals surface area contributed by atoms with Crippen molar-refractivity contribution >= 4 is 11.5 Å². The van der Waals surface area contributed by atoms with E-state index in [1.54, 1.807) is 0 Å². The van der Waals surface area contributed by atoms with Gasteiger partial charge < -0.3 is 9.59 Å². The average molecular weight is 253 g/mol. The summed E-state index contributed by atoms with van der Waals surface area (Å²) in [5, 5.41) is 20.4. The molecule has 0 radical (unpaired) electrons. The molecule has 0 aromatic heterocycles. The molecule has 0 bridgehead atoms. The zero-order chi connectivity index (χ0) is 13.9. The lowest BCUT2D eigenvalue weighted by molar-refractivity contribution is -0.872. The number of carbonyl (C=O) groups is 1. The highest BCUT2D eigenvalue weighted by atomic mass is 16.6. The van der Waals surface area contributed by atoms with E-state index in [2.05, 4.69) is 0 Å². The van der Waals surface area contributed by atoms with E-state index < -0.39 is 16.8 Å². The van der Waals surface area contributed by atoms with E-state index >= 15 is 0 Å². The lowest BCUT2D eigenvalue weighted by atomic mass is 10.1. The van der Waals surface area contributed by atoms with Crippen LogP contribution >= 0.6 is 0 Å². The molecule has 6 heteroatoms. The van der Waals surface area contributed by atoms with E-state index in [9.17, 15) is 20.0 Å². The predicted octanol–water partition coefficient (Wildman–Crippen LogP) is 0.845. The number of Topliss-reactive ketones (excluding diaryl/α,β-unsaturated/α-hetero) is 1. The van der Waals surface area contributed by atoms with Crippen LogP contribution in [0.2, 0.25) is 0 Å². The number of ketones is 1. The third kappa shape index (κ3) is 3.90. The van der Waals surface area contributed by atoms with Crippen LogP contribution in [0.25, 0.3) is 0 Å². The molecule has 0 aliphatic rings. The number of aliphatic hydroxyl groups excluding tert-OH is 1. The molecule has 1 atom stereocenters. The van der Waals surface area contributed by atoms with E-state index in [1.807, 2.05) is 21.1 Å². The van der Waals surface area contributed by atoms with Crippen LogP contribution in [0, 0.1) is 10.1 Å². The van der Waals surface area contributed by atoms with E-state index in [0.717, 1.165) is 0 Å². The third-order valence-corrected chi connectivity index (χ3v) is 2.36. The highest BCUT2D eigenvalue weighted by molar-refractivity contribution is 5.99. The molecular weight excluding hydrogens is 236 g/mol. The molecule has 1 aromatic carbocycles. The first-order valence-corrected chi connectivity index (χ1v) is 5.48. The highest BCUT2D eigenvalue weighted by Gasteiger charge is 2.24. The summed E-state index contributed by atoms with van der Waals surface area (Å²) in [7, 11) is 5.55. The fraction of sp³-hybridized carbons (Fsp3) is 0.417. The van der Waals surface area contributed by atoms with Gasteiger partial charge in [0.15, 0.2) is 11.9 Å². The van der Waals surface area contributed by atoms with Gasteiger partial charge in [0.25, 0.3) is 5.69 Å². The second kappa shape index (κ2) is 5.24. The predicted molar refractivity (Wildman–Crippen MR) is 66.3 cm³/mol. The van der Waals surface area contributed by atoms with Crippen LogP contribution in [0.3, 0.4) is 0 Å². The number of hydrogen-bond acceptors (Lipinski definition) is 4. The molecule has 18 heavy (non-hydrogen) atoms. The Bertz CT molecular complexity index is 465. The molecule has 1 unspecified atom stereocenters. The Morgan fingerprint density at radius 2 is 2.06 bits per heavy atom. The van der Waals surface area contributed by atoms with Crippen molar-refractivity contribution in [2.45, 2.75) is 6.10 Å². The van der Waals surface area contributed by atoms with Crippen molar-refractivity contribution in [2.75, 3.05) is 27.7 Å². The summed E-state index contributed by atoms with van der Waals surface area (Å²) in [5.41, 5.74) is 0.00319. The Hall–Kier alpha value is -1.79. The van der Waals surface area contributed by atoms with Crippen LogP contribution in [-0.2, 0) is 0 Å².